The van der Waals surface area contributed by atoms with Crippen molar-refractivity contribution in [3.05, 3.63) is 30.1 Å². The molecule has 0 amide bonds. The maximum atomic E-state index is 12.7. The van der Waals surface area contributed by atoms with Crippen LogP contribution in [0, 0.1) is 0 Å². The third-order valence-corrected chi connectivity index (χ3v) is 2.30. The van der Waals surface area contributed by atoms with Gasteiger partial charge in [0, 0.05) is 18.9 Å². The maximum Gasteiger partial charge on any atom is 0.418 e. The van der Waals surface area contributed by atoms with E-state index in [2.05, 4.69) is 15.3 Å². The van der Waals surface area contributed by atoms with Crippen molar-refractivity contribution in [1.82, 2.24) is 9.97 Å². The van der Waals surface area contributed by atoms with Crippen molar-refractivity contribution >= 4 is 16.7 Å². The normalized spacial score (nSPS) is 11.8. The Kier molecular flexibility index (Phi) is 2.87. The van der Waals surface area contributed by atoms with E-state index in [1.54, 1.807) is 0 Å². The van der Waals surface area contributed by atoms with Gasteiger partial charge in [-0.3, -0.25) is 9.97 Å². The zero-order valence-corrected chi connectivity index (χ0v) is 9.04. The van der Waals surface area contributed by atoms with Crippen LogP contribution in [-0.2, 0) is 6.18 Å². The van der Waals surface area contributed by atoms with Gasteiger partial charge in [0.05, 0.1) is 11.3 Å². The first-order chi connectivity index (χ1) is 8.04. The average molecular weight is 241 g/mol. The number of anilines is 1. The largest absolute Gasteiger partial charge is 0.418 e. The summed E-state index contributed by atoms with van der Waals surface area (Å²) in [5.74, 6) is 0. The third-order valence-electron chi connectivity index (χ3n) is 2.30. The third kappa shape index (κ3) is 2.15. The van der Waals surface area contributed by atoms with Gasteiger partial charge in [0.25, 0.3) is 0 Å². The first-order valence-corrected chi connectivity index (χ1v) is 5.09. The van der Waals surface area contributed by atoms with Crippen molar-refractivity contribution in [2.75, 3.05) is 11.9 Å². The predicted octanol–water partition coefficient (Wildman–Crippen LogP) is 3.08. The molecule has 17 heavy (non-hydrogen) atoms. The first-order valence-electron chi connectivity index (χ1n) is 5.09. The molecule has 0 spiro atoms. The smallest absolute Gasteiger partial charge is 0.384 e. The van der Waals surface area contributed by atoms with Gasteiger partial charge in [-0.2, -0.15) is 13.2 Å². The Labute approximate surface area is 95.7 Å². The molecule has 0 aliphatic carbocycles. The molecule has 1 aromatic heterocycles. The molecule has 2 rings (SSSR count). The Morgan fingerprint density at radius 1 is 1.12 bits per heavy atom. The van der Waals surface area contributed by atoms with Crippen LogP contribution in [-0.4, -0.2) is 16.5 Å². The number of hydrogen-bond donors (Lipinski definition) is 1. The van der Waals surface area contributed by atoms with Gasteiger partial charge < -0.3 is 5.32 Å². The van der Waals surface area contributed by atoms with Crippen LogP contribution in [0.5, 0.6) is 0 Å². The van der Waals surface area contributed by atoms with E-state index in [0.29, 0.717) is 12.2 Å². The van der Waals surface area contributed by atoms with Crippen LogP contribution in [0.4, 0.5) is 18.9 Å². The second-order valence-corrected chi connectivity index (χ2v) is 3.44. The van der Waals surface area contributed by atoms with Crippen molar-refractivity contribution in [2.45, 2.75) is 13.1 Å². The highest BCUT2D eigenvalue weighted by Gasteiger charge is 2.33. The number of fused-ring (bicyclic) bond motifs is 1. The predicted molar refractivity (Wildman–Crippen MR) is 58.7 cm³/mol. The van der Waals surface area contributed by atoms with Crippen LogP contribution in [0.25, 0.3) is 11.0 Å². The molecule has 3 nitrogen and oxygen atoms in total. The molecule has 1 heterocycles. The molecule has 0 radical (unpaired) electrons. The van der Waals surface area contributed by atoms with Crippen LogP contribution in [0.15, 0.2) is 24.5 Å². The quantitative estimate of drug-likeness (QED) is 0.877. The van der Waals surface area contributed by atoms with Crippen LogP contribution in [0.2, 0.25) is 0 Å². The zero-order valence-electron chi connectivity index (χ0n) is 9.04. The summed E-state index contributed by atoms with van der Waals surface area (Å²) in [4.78, 5) is 7.72. The number of aromatic nitrogens is 2. The number of rotatable bonds is 2. The molecule has 1 N–H and O–H groups in total. The molecular formula is C11H10F3N3. The van der Waals surface area contributed by atoms with Crippen LogP contribution < -0.4 is 5.32 Å². The summed E-state index contributed by atoms with van der Waals surface area (Å²) >= 11 is 0. The molecule has 0 unspecified atom stereocenters. The van der Waals surface area contributed by atoms with E-state index in [9.17, 15) is 13.2 Å². The fraction of sp³-hybridized carbons (Fsp3) is 0.273. The van der Waals surface area contributed by atoms with E-state index in [1.807, 2.05) is 6.92 Å². The minimum Gasteiger partial charge on any atom is -0.384 e. The maximum absolute atomic E-state index is 12.7. The van der Waals surface area contributed by atoms with Gasteiger partial charge in [0.1, 0.15) is 11.0 Å². The van der Waals surface area contributed by atoms with E-state index in [-0.39, 0.29) is 11.0 Å². The lowest BCUT2D eigenvalue weighted by Crippen LogP contribution is -2.08. The van der Waals surface area contributed by atoms with E-state index in [4.69, 9.17) is 0 Å². The van der Waals surface area contributed by atoms with Gasteiger partial charge in [0.2, 0.25) is 0 Å². The summed E-state index contributed by atoms with van der Waals surface area (Å²) in [6.07, 6.45) is -1.78. The van der Waals surface area contributed by atoms with Crippen molar-refractivity contribution in [2.24, 2.45) is 0 Å². The molecular weight excluding hydrogens is 231 g/mol. The summed E-state index contributed by atoms with van der Waals surface area (Å²) in [6.45, 7) is 2.47. The summed E-state index contributed by atoms with van der Waals surface area (Å²) < 4.78 is 38.2. The second-order valence-electron chi connectivity index (χ2n) is 3.44. The van der Waals surface area contributed by atoms with Gasteiger partial charge in [0.15, 0.2) is 0 Å². The molecule has 90 valence electrons. The molecule has 2 aromatic rings. The number of nitrogens with one attached hydrogen (secondary N) is 1. The molecule has 0 aliphatic heterocycles. The molecule has 0 saturated carbocycles. The lowest BCUT2D eigenvalue weighted by Gasteiger charge is -2.12. The van der Waals surface area contributed by atoms with Crippen LogP contribution >= 0.6 is 0 Å². The minimum atomic E-state index is -4.42. The highest BCUT2D eigenvalue weighted by atomic mass is 19.4. The van der Waals surface area contributed by atoms with E-state index < -0.39 is 11.7 Å². The Hall–Kier alpha value is -1.85. The lowest BCUT2D eigenvalue weighted by atomic mass is 10.1. The van der Waals surface area contributed by atoms with Crippen molar-refractivity contribution in [3.63, 3.8) is 0 Å². The van der Waals surface area contributed by atoms with Gasteiger partial charge in [-0.1, -0.05) is 0 Å². The second kappa shape index (κ2) is 4.20. The first kappa shape index (κ1) is 11.6. The number of alkyl halides is 3. The average Bonchev–Trinajstić information content (AvgIpc) is 2.28. The highest BCUT2D eigenvalue weighted by molar-refractivity contribution is 5.90. The molecule has 6 heteroatoms. The number of hydrogen-bond acceptors (Lipinski definition) is 3. The van der Waals surface area contributed by atoms with Crippen LogP contribution in [0.1, 0.15) is 12.5 Å². The molecule has 1 aromatic carbocycles. The van der Waals surface area contributed by atoms with Crippen molar-refractivity contribution in [3.8, 4) is 0 Å². The Morgan fingerprint density at radius 3 is 2.35 bits per heavy atom. The SMILES string of the molecule is CCNc1ccc(C(F)(F)F)c2nccnc12. The Bertz CT molecular complexity index is 537. The summed E-state index contributed by atoms with van der Waals surface area (Å²) in [7, 11) is 0. The Balaban J connectivity index is 2.71. The highest BCUT2D eigenvalue weighted by Crippen LogP contribution is 2.35. The van der Waals surface area contributed by atoms with Gasteiger partial charge in [-0.25, -0.2) is 0 Å². The summed E-state index contributed by atoms with van der Waals surface area (Å²) in [6, 6.07) is 2.40. The fourth-order valence-electron chi connectivity index (χ4n) is 1.62. The topological polar surface area (TPSA) is 37.8 Å². The minimum absolute atomic E-state index is 0.126. The van der Waals surface area contributed by atoms with Crippen LogP contribution in [0.3, 0.4) is 0 Å². The number of benzene rings is 1. The zero-order chi connectivity index (χ0) is 12.5. The molecule has 0 saturated heterocycles. The summed E-state index contributed by atoms with van der Waals surface area (Å²) in [5, 5.41) is 2.96. The van der Waals surface area contributed by atoms with Gasteiger partial charge >= 0.3 is 6.18 Å². The standard InChI is InChI=1S/C11H10F3N3/c1-2-15-8-4-3-7(11(12,13)14)9-10(8)17-6-5-16-9/h3-6,15H,2H2,1H3. The molecule has 0 atom stereocenters. The van der Waals surface area contributed by atoms with Crippen molar-refractivity contribution in [1.29, 1.82) is 0 Å². The Morgan fingerprint density at radius 2 is 1.76 bits per heavy atom. The van der Waals surface area contributed by atoms with Gasteiger partial charge in [-0.05, 0) is 19.1 Å². The van der Waals surface area contributed by atoms with E-state index in [0.717, 1.165) is 6.07 Å². The molecule has 0 bridgehead atoms. The number of halogens is 3. The van der Waals surface area contributed by atoms with E-state index in [1.165, 1.54) is 18.5 Å². The molecule has 0 fully saturated rings. The molecule has 0 aliphatic rings. The summed E-state index contributed by atoms with van der Waals surface area (Å²) in [5.41, 5.74) is -0.0894. The van der Waals surface area contributed by atoms with Gasteiger partial charge in [-0.15, -0.1) is 0 Å². The van der Waals surface area contributed by atoms with Crippen molar-refractivity contribution < 1.29 is 13.2 Å². The monoisotopic (exact) mass is 241 g/mol. The lowest BCUT2D eigenvalue weighted by molar-refractivity contribution is -0.136. The van der Waals surface area contributed by atoms with E-state index >= 15 is 0 Å². The fourth-order valence-corrected chi connectivity index (χ4v) is 1.62. The number of nitrogens with zero attached hydrogens (tertiary/aromatic N) is 2.